The molecule has 0 aliphatic heterocycles. The van der Waals surface area contributed by atoms with Crippen molar-refractivity contribution in [3.8, 4) is 17.1 Å². The lowest BCUT2D eigenvalue weighted by Crippen LogP contribution is -2.22. The molecule has 206 valence electrons. The normalized spacial score (nSPS) is 11.7. The van der Waals surface area contributed by atoms with Gasteiger partial charge in [-0.15, -0.1) is 11.3 Å². The van der Waals surface area contributed by atoms with Crippen molar-refractivity contribution in [2.24, 2.45) is 0 Å². The number of halogens is 5. The third kappa shape index (κ3) is 6.49. The molecule has 4 aromatic rings. The highest BCUT2D eigenvalue weighted by molar-refractivity contribution is 7.13. The summed E-state index contributed by atoms with van der Waals surface area (Å²) >= 11 is 15.1. The first-order valence-electron chi connectivity index (χ1n) is 11.5. The summed E-state index contributed by atoms with van der Waals surface area (Å²) in [6, 6.07) is 10.7. The van der Waals surface area contributed by atoms with Gasteiger partial charge in [-0.2, -0.15) is 17.5 Å². The number of alkyl halides is 3. The Labute approximate surface area is 240 Å². The largest absolute Gasteiger partial charge is 0.477 e. The molecule has 4 rings (SSSR count). The summed E-state index contributed by atoms with van der Waals surface area (Å²) < 4.78 is 52.4. The van der Waals surface area contributed by atoms with Crippen LogP contribution < -0.4 is 9.64 Å². The first-order chi connectivity index (χ1) is 18.4. The molecule has 0 atom stereocenters. The molecule has 0 bridgehead atoms. The molecule has 6 nitrogen and oxygen atoms in total. The van der Waals surface area contributed by atoms with E-state index in [1.807, 2.05) is 13.8 Å². The Balaban J connectivity index is 1.63. The summed E-state index contributed by atoms with van der Waals surface area (Å²) in [6.45, 7) is 3.94. The molecule has 0 saturated heterocycles. The second kappa shape index (κ2) is 11.7. The Morgan fingerprint density at radius 2 is 1.82 bits per heavy atom. The zero-order valence-electron chi connectivity index (χ0n) is 20.8. The van der Waals surface area contributed by atoms with Gasteiger partial charge in [0, 0.05) is 34.0 Å². The Kier molecular flexibility index (Phi) is 8.75. The highest BCUT2D eigenvalue weighted by Gasteiger charge is 2.37. The van der Waals surface area contributed by atoms with E-state index in [1.54, 1.807) is 24.3 Å². The van der Waals surface area contributed by atoms with Crippen LogP contribution in [0.2, 0.25) is 10.0 Å². The molecule has 1 N–H and O–H groups in total. The van der Waals surface area contributed by atoms with Gasteiger partial charge in [0.1, 0.15) is 11.5 Å². The van der Waals surface area contributed by atoms with Crippen LogP contribution in [0.25, 0.3) is 11.3 Å². The summed E-state index contributed by atoms with van der Waals surface area (Å²) in [5, 5.41) is 9.91. The van der Waals surface area contributed by atoms with Crippen molar-refractivity contribution in [3.05, 3.63) is 78.4 Å². The van der Waals surface area contributed by atoms with E-state index in [0.717, 1.165) is 16.2 Å². The topological polar surface area (TPSA) is 75.5 Å². The minimum absolute atomic E-state index is 0.0726. The van der Waals surface area contributed by atoms with Crippen LogP contribution in [-0.4, -0.2) is 27.5 Å². The number of benzene rings is 1. The number of anilines is 1. The summed E-state index contributed by atoms with van der Waals surface area (Å²) in [6.07, 6.45) is -4.76. The van der Waals surface area contributed by atoms with Crippen LogP contribution in [0.15, 0.2) is 42.5 Å². The van der Waals surface area contributed by atoms with Gasteiger partial charge in [0.2, 0.25) is 5.88 Å². The number of ether oxygens (including phenoxy) is 1. The average molecular weight is 617 g/mol. The smallest absolute Gasteiger partial charge is 0.435 e. The highest BCUT2D eigenvalue weighted by Crippen LogP contribution is 2.41. The lowest BCUT2D eigenvalue weighted by molar-refractivity contribution is -0.140. The predicted molar refractivity (Wildman–Crippen MR) is 149 cm³/mol. The molecule has 13 heteroatoms. The number of carboxylic acid groups (broad SMARTS) is 1. The highest BCUT2D eigenvalue weighted by atomic mass is 35.5. The van der Waals surface area contributed by atoms with Gasteiger partial charge in [-0.05, 0) is 47.8 Å². The number of rotatable bonds is 9. The van der Waals surface area contributed by atoms with Crippen molar-refractivity contribution in [2.75, 3.05) is 11.9 Å². The van der Waals surface area contributed by atoms with Crippen LogP contribution in [0.5, 0.6) is 5.88 Å². The van der Waals surface area contributed by atoms with E-state index in [2.05, 4.69) is 9.36 Å². The fourth-order valence-corrected chi connectivity index (χ4v) is 6.25. The molecule has 0 aliphatic carbocycles. The van der Waals surface area contributed by atoms with E-state index in [1.165, 1.54) is 41.7 Å². The second-order valence-corrected chi connectivity index (χ2v) is 11.6. The van der Waals surface area contributed by atoms with Crippen LogP contribution in [0.1, 0.15) is 50.4 Å². The van der Waals surface area contributed by atoms with Crippen LogP contribution >= 0.6 is 46.1 Å². The molecule has 0 spiro atoms. The van der Waals surface area contributed by atoms with E-state index in [-0.39, 0.29) is 35.5 Å². The molecule has 0 unspecified atom stereocenters. The first kappa shape index (κ1) is 29.1. The SMILES string of the molecule is CC(C)c1snc(-c2c(Cl)cccc2Cl)c1COc1ccc(N(C)Cc2ccc(C(=O)O)s2)c(C(F)(F)F)n1. The Bertz CT molecular complexity index is 1490. The Hall–Kier alpha value is -2.86. The Morgan fingerprint density at radius 1 is 1.13 bits per heavy atom. The van der Waals surface area contributed by atoms with Crippen LogP contribution in [0.3, 0.4) is 0 Å². The van der Waals surface area contributed by atoms with E-state index >= 15 is 0 Å². The number of carbonyl (C=O) groups is 1. The summed E-state index contributed by atoms with van der Waals surface area (Å²) in [4.78, 5) is 17.9. The third-order valence-electron chi connectivity index (χ3n) is 5.70. The number of aromatic carboxylic acids is 1. The van der Waals surface area contributed by atoms with Gasteiger partial charge in [0.25, 0.3) is 0 Å². The van der Waals surface area contributed by atoms with Gasteiger partial charge in [0.15, 0.2) is 5.69 Å². The van der Waals surface area contributed by atoms with Gasteiger partial charge < -0.3 is 14.7 Å². The van der Waals surface area contributed by atoms with Gasteiger partial charge in [0.05, 0.1) is 28.0 Å². The lowest BCUT2D eigenvalue weighted by Gasteiger charge is -2.23. The minimum atomic E-state index is -4.76. The molecule has 0 aliphatic rings. The van der Waals surface area contributed by atoms with Crippen molar-refractivity contribution in [1.82, 2.24) is 9.36 Å². The molecule has 0 amide bonds. The second-order valence-electron chi connectivity index (χ2n) is 8.86. The first-order valence-corrected chi connectivity index (χ1v) is 13.9. The standard InChI is InChI=1S/C26H22Cl2F3N3O3S2/c1-13(2)23-15(22(33-39-23)21-16(27)5-4-6-17(21)28)12-37-20-10-8-18(24(32-20)26(29,30)31)34(3)11-14-7-9-19(38-14)25(35)36/h4-10,13H,11-12H2,1-3H3,(H,35,36). The number of hydrogen-bond acceptors (Lipinski definition) is 7. The van der Waals surface area contributed by atoms with Gasteiger partial charge in [-0.25, -0.2) is 9.78 Å². The number of carboxylic acids is 1. The van der Waals surface area contributed by atoms with Crippen LogP contribution in [0, 0.1) is 0 Å². The summed E-state index contributed by atoms with van der Waals surface area (Å²) in [5.41, 5.74) is 0.447. The quantitative estimate of drug-likeness (QED) is 0.203. The fraction of sp³-hybridized carbons (Fsp3) is 0.269. The van der Waals surface area contributed by atoms with E-state index in [0.29, 0.717) is 31.7 Å². The molecule has 0 radical (unpaired) electrons. The van der Waals surface area contributed by atoms with Crippen molar-refractivity contribution in [1.29, 1.82) is 0 Å². The molecule has 1 aromatic carbocycles. The molecule has 0 saturated carbocycles. The zero-order chi connectivity index (χ0) is 28.5. The maximum absolute atomic E-state index is 14.0. The number of pyridine rings is 1. The van der Waals surface area contributed by atoms with E-state index in [4.69, 9.17) is 33.0 Å². The lowest BCUT2D eigenvalue weighted by atomic mass is 10.0. The molecule has 3 heterocycles. The summed E-state index contributed by atoms with van der Waals surface area (Å²) in [5.74, 6) is -1.22. The summed E-state index contributed by atoms with van der Waals surface area (Å²) in [7, 11) is 1.48. The van der Waals surface area contributed by atoms with Crippen molar-refractivity contribution in [2.45, 2.75) is 39.1 Å². The molecule has 0 fully saturated rings. The average Bonchev–Trinajstić information content (AvgIpc) is 3.49. The fourth-order valence-electron chi connectivity index (χ4n) is 3.91. The van der Waals surface area contributed by atoms with Crippen molar-refractivity contribution < 1.29 is 27.8 Å². The number of aromatic nitrogens is 2. The van der Waals surface area contributed by atoms with Crippen LogP contribution in [-0.2, 0) is 19.3 Å². The molecule has 39 heavy (non-hydrogen) atoms. The number of hydrogen-bond donors (Lipinski definition) is 1. The monoisotopic (exact) mass is 615 g/mol. The Morgan fingerprint density at radius 3 is 2.41 bits per heavy atom. The van der Waals surface area contributed by atoms with Gasteiger partial charge in [-0.3, -0.25) is 0 Å². The zero-order valence-corrected chi connectivity index (χ0v) is 24.0. The van der Waals surface area contributed by atoms with Gasteiger partial charge >= 0.3 is 12.1 Å². The molecular weight excluding hydrogens is 594 g/mol. The third-order valence-corrected chi connectivity index (χ3v) is 8.58. The molecular formula is C26H22Cl2F3N3O3S2. The van der Waals surface area contributed by atoms with Gasteiger partial charge in [-0.1, -0.05) is 43.1 Å². The predicted octanol–water partition coefficient (Wildman–Crippen LogP) is 8.63. The maximum Gasteiger partial charge on any atom is 0.435 e. The van der Waals surface area contributed by atoms with E-state index < -0.39 is 17.8 Å². The van der Waals surface area contributed by atoms with Crippen molar-refractivity contribution >= 4 is 57.7 Å². The number of thiophene rings is 1. The van der Waals surface area contributed by atoms with E-state index in [9.17, 15) is 18.0 Å². The number of nitrogens with zero attached hydrogens (tertiary/aromatic N) is 3. The minimum Gasteiger partial charge on any atom is -0.477 e. The van der Waals surface area contributed by atoms with Crippen LogP contribution in [0.4, 0.5) is 18.9 Å². The van der Waals surface area contributed by atoms with Crippen molar-refractivity contribution in [3.63, 3.8) is 0 Å². The maximum atomic E-state index is 14.0. The molecule has 3 aromatic heterocycles.